The van der Waals surface area contributed by atoms with Crippen LogP contribution in [0.3, 0.4) is 0 Å². The summed E-state index contributed by atoms with van der Waals surface area (Å²) in [5.41, 5.74) is 16.6. The van der Waals surface area contributed by atoms with Crippen molar-refractivity contribution in [2.45, 2.75) is 56.7 Å². The van der Waals surface area contributed by atoms with E-state index in [9.17, 15) is 29.1 Å². The zero-order valence-corrected chi connectivity index (χ0v) is 18.7. The third-order valence-electron chi connectivity index (χ3n) is 4.56. The first-order valence-electron chi connectivity index (χ1n) is 10.8. The lowest BCUT2D eigenvalue weighted by molar-refractivity contribution is -0.138. The Kier molecular flexibility index (Phi) is 16.2. The van der Waals surface area contributed by atoms with Crippen molar-refractivity contribution in [3.8, 4) is 0 Å². The summed E-state index contributed by atoms with van der Waals surface area (Å²) in [5, 5.41) is 27.3. The number of amides is 4. The van der Waals surface area contributed by atoms with Crippen molar-refractivity contribution >= 4 is 29.6 Å². The first kappa shape index (κ1) is 30.2. The number of hydrogen-bond donors (Lipinski definition) is 9. The van der Waals surface area contributed by atoms with Gasteiger partial charge in [0.1, 0.15) is 18.6 Å². The number of carboxylic acid groups (broad SMARTS) is 1. The molecule has 0 saturated carbocycles. The summed E-state index contributed by atoms with van der Waals surface area (Å²) in [6, 6.07) is -3.28. The Morgan fingerprint density at radius 3 is 1.85 bits per heavy atom. The molecule has 0 heterocycles. The minimum Gasteiger partial charge on any atom is -0.480 e. The average Bonchev–Trinajstić information content (AvgIpc) is 2.78. The molecule has 0 aromatic heterocycles. The van der Waals surface area contributed by atoms with Crippen LogP contribution in [0.25, 0.3) is 0 Å². The molecule has 190 valence electrons. The van der Waals surface area contributed by atoms with Gasteiger partial charge < -0.3 is 48.7 Å². The Balaban J connectivity index is 4.93. The molecular weight excluding hydrogens is 438 g/mol. The van der Waals surface area contributed by atoms with Gasteiger partial charge in [-0.1, -0.05) is 6.42 Å². The van der Waals surface area contributed by atoms with Gasteiger partial charge in [0.15, 0.2) is 0 Å². The smallest absolute Gasteiger partial charge is 0.322 e. The van der Waals surface area contributed by atoms with Crippen LogP contribution in [0.4, 0.5) is 0 Å². The maximum Gasteiger partial charge on any atom is 0.322 e. The van der Waals surface area contributed by atoms with Gasteiger partial charge >= 0.3 is 5.97 Å². The molecule has 0 spiro atoms. The van der Waals surface area contributed by atoms with Crippen LogP contribution in [0.2, 0.25) is 0 Å². The molecule has 0 aliphatic rings. The maximum absolute atomic E-state index is 12.6. The average molecular weight is 476 g/mol. The Morgan fingerprint density at radius 2 is 1.30 bits per heavy atom. The van der Waals surface area contributed by atoms with Crippen LogP contribution in [0.5, 0.6) is 0 Å². The number of aliphatic hydroxyl groups is 1. The fourth-order valence-electron chi connectivity index (χ4n) is 2.67. The predicted octanol–water partition coefficient (Wildman–Crippen LogP) is -4.15. The lowest BCUT2D eigenvalue weighted by Gasteiger charge is -2.23. The number of carboxylic acids is 1. The molecular formula is C19H37N7O7. The van der Waals surface area contributed by atoms with Gasteiger partial charge in [0, 0.05) is 0 Å². The number of carbonyl (C=O) groups is 5. The number of carbonyl (C=O) groups excluding carboxylic acids is 4. The van der Waals surface area contributed by atoms with Crippen molar-refractivity contribution in [2.24, 2.45) is 17.2 Å². The second-order valence-electron chi connectivity index (χ2n) is 7.37. The van der Waals surface area contributed by atoms with Crippen molar-refractivity contribution in [3.05, 3.63) is 0 Å². The van der Waals surface area contributed by atoms with E-state index in [1.54, 1.807) is 0 Å². The minimum atomic E-state index is -1.33. The Morgan fingerprint density at radius 1 is 0.727 bits per heavy atom. The molecule has 14 nitrogen and oxygen atoms in total. The highest BCUT2D eigenvalue weighted by atomic mass is 16.4. The molecule has 0 aliphatic carbocycles. The second-order valence-corrected chi connectivity index (χ2v) is 7.37. The molecule has 0 aliphatic heterocycles. The molecule has 0 unspecified atom stereocenters. The number of nitrogens with one attached hydrogen (secondary N) is 4. The number of nitrogens with two attached hydrogens (primary N) is 3. The fourth-order valence-corrected chi connectivity index (χ4v) is 2.67. The number of unbranched alkanes of at least 4 members (excludes halogenated alkanes) is 2. The van der Waals surface area contributed by atoms with E-state index in [0.29, 0.717) is 45.2 Å². The molecule has 0 saturated heterocycles. The number of rotatable bonds is 18. The zero-order valence-electron chi connectivity index (χ0n) is 18.7. The summed E-state index contributed by atoms with van der Waals surface area (Å²) < 4.78 is 0. The molecule has 14 heteroatoms. The highest BCUT2D eigenvalue weighted by Crippen LogP contribution is 2.03. The standard InChI is InChI=1S/C19H37N7O7/c20-7-3-1-5-12(22)17(31)26-14(11-27)19(33)25-13(6-2-4-8-21)18(32)24-9-15(28)23-10-16(29)30/h12-14,27H,1-11,20-22H2,(H,23,28)(H,24,32)(H,25,33)(H,26,31)(H,29,30)/t12-,13-,14-/m0/s1. The van der Waals surface area contributed by atoms with Crippen LogP contribution >= 0.6 is 0 Å². The number of hydrogen-bond acceptors (Lipinski definition) is 9. The number of aliphatic carboxylic acids is 1. The fraction of sp³-hybridized carbons (Fsp3) is 0.737. The SMILES string of the molecule is NCCCC[C@H](NC(=O)[C@H](CO)NC(=O)[C@@H](N)CCCCN)C(=O)NCC(=O)NCC(=O)O. The van der Waals surface area contributed by atoms with E-state index in [0.717, 1.165) is 0 Å². The largest absolute Gasteiger partial charge is 0.480 e. The predicted molar refractivity (Wildman–Crippen MR) is 118 cm³/mol. The quantitative estimate of drug-likeness (QED) is 0.0865. The molecule has 0 aromatic carbocycles. The third-order valence-corrected chi connectivity index (χ3v) is 4.56. The van der Waals surface area contributed by atoms with Crippen molar-refractivity contribution in [1.29, 1.82) is 0 Å². The lowest BCUT2D eigenvalue weighted by Crippen LogP contribution is -2.57. The summed E-state index contributed by atoms with van der Waals surface area (Å²) in [5.74, 6) is -4.07. The Labute approximate surface area is 192 Å². The minimum absolute atomic E-state index is 0.191. The van der Waals surface area contributed by atoms with Gasteiger partial charge in [-0.05, 0) is 45.2 Å². The third kappa shape index (κ3) is 14.1. The van der Waals surface area contributed by atoms with Gasteiger partial charge in [0.25, 0.3) is 0 Å². The summed E-state index contributed by atoms with van der Waals surface area (Å²) in [4.78, 5) is 59.3. The molecule has 4 amide bonds. The van der Waals surface area contributed by atoms with Gasteiger partial charge in [-0.15, -0.1) is 0 Å². The van der Waals surface area contributed by atoms with Crippen molar-refractivity contribution < 1.29 is 34.2 Å². The van der Waals surface area contributed by atoms with E-state index < -0.39 is 67.4 Å². The molecule has 0 bridgehead atoms. The normalized spacial score (nSPS) is 13.3. The topological polar surface area (TPSA) is 252 Å². The highest BCUT2D eigenvalue weighted by molar-refractivity contribution is 5.94. The summed E-state index contributed by atoms with van der Waals surface area (Å²) in [7, 11) is 0. The van der Waals surface area contributed by atoms with Crippen molar-refractivity contribution in [2.75, 3.05) is 32.8 Å². The maximum atomic E-state index is 12.6. The van der Waals surface area contributed by atoms with Crippen molar-refractivity contribution in [1.82, 2.24) is 21.3 Å². The van der Waals surface area contributed by atoms with Crippen LogP contribution in [-0.2, 0) is 24.0 Å². The highest BCUT2D eigenvalue weighted by Gasteiger charge is 2.27. The molecule has 0 rings (SSSR count). The molecule has 3 atom stereocenters. The first-order chi connectivity index (χ1) is 15.7. The summed E-state index contributed by atoms with van der Waals surface area (Å²) in [6.07, 6.45) is 2.94. The van der Waals surface area contributed by atoms with E-state index in [-0.39, 0.29) is 6.42 Å². The molecule has 0 fully saturated rings. The molecule has 0 aromatic rings. The van der Waals surface area contributed by atoms with Crippen molar-refractivity contribution in [3.63, 3.8) is 0 Å². The van der Waals surface area contributed by atoms with Gasteiger partial charge in [0.05, 0.1) is 19.2 Å². The van der Waals surface area contributed by atoms with Gasteiger partial charge in [-0.2, -0.15) is 0 Å². The monoisotopic (exact) mass is 475 g/mol. The Bertz CT molecular complexity index is 648. The van der Waals surface area contributed by atoms with E-state index in [2.05, 4.69) is 21.3 Å². The van der Waals surface area contributed by atoms with Crippen LogP contribution < -0.4 is 38.5 Å². The lowest BCUT2D eigenvalue weighted by atomic mass is 10.1. The van der Waals surface area contributed by atoms with Gasteiger partial charge in [-0.3, -0.25) is 24.0 Å². The Hall–Kier alpha value is -2.81. The van der Waals surface area contributed by atoms with Crippen LogP contribution in [0, 0.1) is 0 Å². The molecule has 0 radical (unpaired) electrons. The number of aliphatic hydroxyl groups excluding tert-OH is 1. The zero-order chi connectivity index (χ0) is 25.2. The van der Waals surface area contributed by atoms with E-state index >= 15 is 0 Å². The van der Waals surface area contributed by atoms with Crippen LogP contribution in [-0.4, -0.2) is 90.7 Å². The molecule has 12 N–H and O–H groups in total. The first-order valence-corrected chi connectivity index (χ1v) is 10.8. The van der Waals surface area contributed by atoms with E-state index in [1.165, 1.54) is 0 Å². The van der Waals surface area contributed by atoms with Crippen LogP contribution in [0.1, 0.15) is 38.5 Å². The summed E-state index contributed by atoms with van der Waals surface area (Å²) >= 11 is 0. The molecule has 33 heavy (non-hydrogen) atoms. The second kappa shape index (κ2) is 17.7. The van der Waals surface area contributed by atoms with E-state index in [1.807, 2.05) is 0 Å². The van der Waals surface area contributed by atoms with Gasteiger partial charge in [0.2, 0.25) is 23.6 Å². The van der Waals surface area contributed by atoms with Gasteiger partial charge in [-0.25, -0.2) is 0 Å². The summed E-state index contributed by atoms with van der Waals surface area (Å²) in [6.45, 7) is -0.977. The van der Waals surface area contributed by atoms with Crippen LogP contribution in [0.15, 0.2) is 0 Å². The van der Waals surface area contributed by atoms with E-state index in [4.69, 9.17) is 22.3 Å².